The van der Waals surface area contributed by atoms with Crippen molar-refractivity contribution in [3.63, 3.8) is 0 Å². The van der Waals surface area contributed by atoms with Crippen molar-refractivity contribution >= 4 is 33.2 Å². The number of carbonyl (C=O) groups is 1. The van der Waals surface area contributed by atoms with Crippen LogP contribution < -0.4 is 9.04 Å². The zero-order valence-corrected chi connectivity index (χ0v) is 20.1. The quantitative estimate of drug-likeness (QED) is 0.453. The first-order valence-corrected chi connectivity index (χ1v) is 12.6. The second-order valence-corrected chi connectivity index (χ2v) is 10.3. The van der Waals surface area contributed by atoms with Crippen LogP contribution in [0, 0.1) is 5.82 Å². The van der Waals surface area contributed by atoms with Gasteiger partial charge < -0.3 is 9.64 Å². The summed E-state index contributed by atoms with van der Waals surface area (Å²) in [5.41, 5.74) is 1.15. The van der Waals surface area contributed by atoms with Crippen LogP contribution >= 0.6 is 11.6 Å². The smallest absolute Gasteiger partial charge is 0.264 e. The minimum absolute atomic E-state index is 0.0348. The van der Waals surface area contributed by atoms with Crippen LogP contribution in [0.4, 0.5) is 10.1 Å². The van der Waals surface area contributed by atoms with Crippen LogP contribution in [-0.4, -0.2) is 39.4 Å². The molecule has 1 unspecified atom stereocenters. The third kappa shape index (κ3) is 5.03. The largest absolute Gasteiger partial charge is 0.497 e. The normalized spacial score (nSPS) is 15.9. The fourth-order valence-electron chi connectivity index (χ4n) is 4.11. The van der Waals surface area contributed by atoms with Crippen molar-refractivity contribution in [3.05, 3.63) is 89.2 Å². The van der Waals surface area contributed by atoms with Gasteiger partial charge in [0, 0.05) is 11.6 Å². The monoisotopic (exact) mass is 502 g/mol. The molecule has 34 heavy (non-hydrogen) atoms. The first-order chi connectivity index (χ1) is 16.3. The van der Waals surface area contributed by atoms with Crippen molar-refractivity contribution in [1.29, 1.82) is 0 Å². The Morgan fingerprint density at radius 2 is 1.71 bits per heavy atom. The predicted molar refractivity (Wildman–Crippen MR) is 129 cm³/mol. The van der Waals surface area contributed by atoms with E-state index < -0.39 is 10.0 Å². The van der Waals surface area contributed by atoms with Crippen LogP contribution in [0.25, 0.3) is 0 Å². The summed E-state index contributed by atoms with van der Waals surface area (Å²) >= 11 is 6.00. The molecule has 1 atom stereocenters. The highest BCUT2D eigenvalue weighted by Gasteiger charge is 2.34. The lowest BCUT2D eigenvalue weighted by Crippen LogP contribution is -2.42. The number of sulfonamides is 1. The molecule has 1 heterocycles. The number of rotatable bonds is 7. The number of carbonyl (C=O) groups excluding carboxylic acids is 1. The van der Waals surface area contributed by atoms with Gasteiger partial charge in [-0.05, 0) is 79.1 Å². The predicted octanol–water partition coefficient (Wildman–Crippen LogP) is 5.05. The summed E-state index contributed by atoms with van der Waals surface area (Å²) in [4.78, 5) is 15.1. The van der Waals surface area contributed by atoms with Crippen molar-refractivity contribution in [3.8, 4) is 5.75 Å². The van der Waals surface area contributed by atoms with Crippen molar-refractivity contribution in [1.82, 2.24) is 4.90 Å². The Morgan fingerprint density at radius 1 is 1.06 bits per heavy atom. The van der Waals surface area contributed by atoms with E-state index in [1.165, 1.54) is 31.4 Å². The molecule has 1 aliphatic rings. The minimum Gasteiger partial charge on any atom is -0.497 e. The molecular weight excluding hydrogens is 479 g/mol. The number of nitrogens with zero attached hydrogens (tertiary/aromatic N) is 2. The number of hydrogen-bond donors (Lipinski definition) is 0. The van der Waals surface area contributed by atoms with Crippen LogP contribution in [0.1, 0.15) is 24.4 Å². The van der Waals surface area contributed by atoms with E-state index in [1.54, 1.807) is 53.4 Å². The molecular formula is C25H24ClFN2O4S. The average Bonchev–Trinajstić information content (AvgIpc) is 3.34. The third-order valence-corrected chi connectivity index (χ3v) is 7.91. The Kier molecular flexibility index (Phi) is 7.09. The van der Waals surface area contributed by atoms with Gasteiger partial charge in [-0.15, -0.1) is 0 Å². The van der Waals surface area contributed by atoms with Crippen molar-refractivity contribution in [2.45, 2.75) is 23.8 Å². The molecule has 0 aromatic heterocycles. The SMILES string of the molecule is COc1ccc(S(=O)(=O)N(CC(=O)N2CCCC2c2ccc(F)cc2)c2ccc(Cl)cc2)cc1. The van der Waals surface area contributed by atoms with Gasteiger partial charge in [0.15, 0.2) is 0 Å². The molecule has 3 aromatic carbocycles. The van der Waals surface area contributed by atoms with E-state index in [2.05, 4.69) is 0 Å². The molecule has 1 saturated heterocycles. The molecule has 1 amide bonds. The summed E-state index contributed by atoms with van der Waals surface area (Å²) in [6.45, 7) is 0.117. The van der Waals surface area contributed by atoms with Crippen LogP contribution in [0.15, 0.2) is 77.7 Å². The number of amides is 1. The molecule has 0 bridgehead atoms. The lowest BCUT2D eigenvalue weighted by molar-refractivity contribution is -0.130. The molecule has 0 saturated carbocycles. The number of anilines is 1. The van der Waals surface area contributed by atoms with Crippen LogP contribution in [0.3, 0.4) is 0 Å². The van der Waals surface area contributed by atoms with E-state index in [-0.39, 0.29) is 29.2 Å². The number of hydrogen-bond acceptors (Lipinski definition) is 4. The molecule has 0 radical (unpaired) electrons. The standard InChI is InChI=1S/C25H24ClFN2O4S/c1-33-22-12-14-23(15-13-22)34(31,32)29(21-10-6-19(26)7-11-21)17-25(30)28-16-2-3-24(28)18-4-8-20(27)9-5-18/h4-15,24H,2-3,16-17H2,1H3. The van der Waals surface area contributed by atoms with Crippen LogP contribution in [0.2, 0.25) is 5.02 Å². The highest BCUT2D eigenvalue weighted by atomic mass is 35.5. The Bertz CT molecular complexity index is 1250. The van der Waals surface area contributed by atoms with Gasteiger partial charge in [0.05, 0.1) is 23.7 Å². The lowest BCUT2D eigenvalue weighted by Gasteiger charge is -2.30. The van der Waals surface area contributed by atoms with E-state index in [0.29, 0.717) is 23.0 Å². The molecule has 9 heteroatoms. The van der Waals surface area contributed by atoms with Gasteiger partial charge in [0.1, 0.15) is 18.1 Å². The van der Waals surface area contributed by atoms with E-state index in [9.17, 15) is 17.6 Å². The molecule has 3 aromatic rings. The van der Waals surface area contributed by atoms with Gasteiger partial charge in [-0.25, -0.2) is 12.8 Å². The summed E-state index contributed by atoms with van der Waals surface area (Å²) in [5, 5.41) is 0.452. The molecule has 0 aliphatic carbocycles. The highest BCUT2D eigenvalue weighted by molar-refractivity contribution is 7.92. The summed E-state index contributed by atoms with van der Waals surface area (Å²) in [5.74, 6) is -0.162. The number of ether oxygens (including phenoxy) is 1. The highest BCUT2D eigenvalue weighted by Crippen LogP contribution is 2.33. The zero-order chi connectivity index (χ0) is 24.3. The maximum atomic E-state index is 13.6. The summed E-state index contributed by atoms with van der Waals surface area (Å²) in [6.07, 6.45) is 1.50. The van der Waals surface area contributed by atoms with Gasteiger partial charge in [-0.1, -0.05) is 23.7 Å². The van der Waals surface area contributed by atoms with E-state index in [4.69, 9.17) is 16.3 Å². The number of likely N-dealkylation sites (tertiary alicyclic amines) is 1. The molecule has 0 spiro atoms. The lowest BCUT2D eigenvalue weighted by atomic mass is 10.0. The fourth-order valence-corrected chi connectivity index (χ4v) is 5.65. The maximum absolute atomic E-state index is 13.6. The number of benzene rings is 3. The molecule has 6 nitrogen and oxygen atoms in total. The average molecular weight is 503 g/mol. The Balaban J connectivity index is 1.66. The summed E-state index contributed by atoms with van der Waals surface area (Å²) < 4.78 is 46.8. The van der Waals surface area contributed by atoms with Gasteiger partial charge in [0.2, 0.25) is 5.91 Å². The number of methoxy groups -OCH3 is 1. The molecule has 1 fully saturated rings. The van der Waals surface area contributed by atoms with E-state index in [1.807, 2.05) is 0 Å². The van der Waals surface area contributed by atoms with Gasteiger partial charge in [-0.2, -0.15) is 0 Å². The fraction of sp³-hybridized carbons (Fsp3) is 0.240. The molecule has 0 N–H and O–H groups in total. The summed E-state index contributed by atoms with van der Waals surface area (Å²) in [7, 11) is -2.57. The second-order valence-electron chi connectivity index (χ2n) is 7.96. The number of halogens is 2. The summed E-state index contributed by atoms with van der Waals surface area (Å²) in [6, 6.07) is 18.1. The van der Waals surface area contributed by atoms with Crippen LogP contribution in [-0.2, 0) is 14.8 Å². The Morgan fingerprint density at radius 3 is 2.32 bits per heavy atom. The van der Waals surface area contributed by atoms with Crippen LogP contribution in [0.5, 0.6) is 5.75 Å². The first kappa shape index (κ1) is 24.0. The van der Waals surface area contributed by atoms with Crippen molar-refractivity contribution in [2.75, 3.05) is 24.5 Å². The van der Waals surface area contributed by atoms with Gasteiger partial charge >= 0.3 is 0 Å². The molecule has 4 rings (SSSR count). The first-order valence-electron chi connectivity index (χ1n) is 10.8. The molecule has 1 aliphatic heterocycles. The van der Waals surface area contributed by atoms with E-state index >= 15 is 0 Å². The topological polar surface area (TPSA) is 66.9 Å². The Hall–Kier alpha value is -3.10. The van der Waals surface area contributed by atoms with Crippen molar-refractivity contribution < 1.29 is 22.3 Å². The molecule has 178 valence electrons. The minimum atomic E-state index is -4.07. The maximum Gasteiger partial charge on any atom is 0.264 e. The Labute approximate surface area is 203 Å². The van der Waals surface area contributed by atoms with E-state index in [0.717, 1.165) is 22.7 Å². The third-order valence-electron chi connectivity index (χ3n) is 5.87. The van der Waals surface area contributed by atoms with Gasteiger partial charge in [-0.3, -0.25) is 9.10 Å². The van der Waals surface area contributed by atoms with Gasteiger partial charge in [0.25, 0.3) is 10.0 Å². The second kappa shape index (κ2) is 10.0. The van der Waals surface area contributed by atoms with Crippen molar-refractivity contribution in [2.24, 2.45) is 0 Å². The zero-order valence-electron chi connectivity index (χ0n) is 18.5.